The van der Waals surface area contributed by atoms with Gasteiger partial charge in [-0.1, -0.05) is 23.2 Å². The number of pyridine rings is 2. The Bertz CT molecular complexity index is 1610. The third-order valence-corrected chi connectivity index (χ3v) is 10.9. The van der Waals surface area contributed by atoms with Gasteiger partial charge in [0, 0.05) is 73.6 Å². The van der Waals surface area contributed by atoms with E-state index in [0.29, 0.717) is 51.5 Å². The summed E-state index contributed by atoms with van der Waals surface area (Å²) < 4.78 is 33.9. The van der Waals surface area contributed by atoms with Crippen molar-refractivity contribution in [1.82, 2.24) is 25.1 Å². The number of ether oxygens (including phenoxy) is 1. The number of aromatic nitrogens is 4. The second-order valence-electron chi connectivity index (χ2n) is 11.2. The molecular weight excluding hydrogens is 573 g/mol. The van der Waals surface area contributed by atoms with Crippen LogP contribution < -0.4 is 9.64 Å². The van der Waals surface area contributed by atoms with Crippen LogP contribution in [0.4, 0.5) is 10.2 Å². The molecule has 0 spiro atoms. The molecule has 0 unspecified atom stereocenters. The van der Waals surface area contributed by atoms with E-state index in [2.05, 4.69) is 32.0 Å². The minimum absolute atomic E-state index is 0.0656. The van der Waals surface area contributed by atoms with Crippen LogP contribution in [0.5, 0.6) is 5.75 Å². The minimum Gasteiger partial charge on any atom is -0.486 e. The SMILES string of the molecule is C[C@@H](Oc1ccc2[nH]nc(-c3cnc(N4CC(C)(N5CCP(C)(=O)CC5)C4)c(F)c3)c2c1)c1c(Cl)cncc1Cl. The topological polar surface area (TPSA) is 87.2 Å². The van der Waals surface area contributed by atoms with E-state index in [1.54, 1.807) is 6.20 Å². The molecule has 1 N–H and O–H groups in total. The number of benzene rings is 1. The van der Waals surface area contributed by atoms with Gasteiger partial charge in [-0.05, 0) is 44.8 Å². The van der Waals surface area contributed by atoms with Gasteiger partial charge in [0.15, 0.2) is 11.6 Å². The maximum Gasteiger partial charge on any atom is 0.166 e. The molecule has 0 aliphatic carbocycles. The van der Waals surface area contributed by atoms with Crippen LogP contribution in [0.1, 0.15) is 25.5 Å². The van der Waals surface area contributed by atoms with E-state index >= 15 is 4.39 Å². The third-order valence-electron chi connectivity index (χ3n) is 8.05. The highest BCUT2D eigenvalue weighted by Gasteiger charge is 2.46. The van der Waals surface area contributed by atoms with E-state index in [1.807, 2.05) is 36.7 Å². The number of nitrogens with zero attached hydrogens (tertiary/aromatic N) is 5. The Balaban J connectivity index is 1.19. The van der Waals surface area contributed by atoms with E-state index in [1.165, 1.54) is 18.5 Å². The molecule has 6 rings (SSSR count). The molecule has 5 heterocycles. The van der Waals surface area contributed by atoms with Gasteiger partial charge >= 0.3 is 0 Å². The molecule has 3 aromatic heterocycles. The van der Waals surface area contributed by atoms with Crippen LogP contribution in [0.15, 0.2) is 42.9 Å². The van der Waals surface area contributed by atoms with Crippen LogP contribution >= 0.6 is 30.3 Å². The first-order valence-electron chi connectivity index (χ1n) is 13.2. The summed E-state index contributed by atoms with van der Waals surface area (Å²) in [7, 11) is -1.99. The van der Waals surface area contributed by atoms with Gasteiger partial charge < -0.3 is 14.2 Å². The Morgan fingerprint density at radius 1 is 1.12 bits per heavy atom. The largest absolute Gasteiger partial charge is 0.486 e. The summed E-state index contributed by atoms with van der Waals surface area (Å²) in [5, 5.41) is 9.08. The summed E-state index contributed by atoms with van der Waals surface area (Å²) in [6.07, 6.45) is 5.79. The Kier molecular flexibility index (Phi) is 7.06. The van der Waals surface area contributed by atoms with Crippen molar-refractivity contribution < 1.29 is 13.7 Å². The summed E-state index contributed by atoms with van der Waals surface area (Å²) in [5.41, 5.74) is 2.52. The van der Waals surface area contributed by atoms with Crippen LogP contribution in [-0.4, -0.2) is 75.8 Å². The van der Waals surface area contributed by atoms with Crippen molar-refractivity contribution in [2.24, 2.45) is 0 Å². The van der Waals surface area contributed by atoms with Gasteiger partial charge in [-0.3, -0.25) is 15.0 Å². The zero-order valence-electron chi connectivity index (χ0n) is 22.5. The number of aromatic amines is 1. The lowest BCUT2D eigenvalue weighted by Crippen LogP contribution is -2.70. The summed E-state index contributed by atoms with van der Waals surface area (Å²) >= 11 is 12.6. The van der Waals surface area contributed by atoms with Crippen molar-refractivity contribution in [1.29, 1.82) is 0 Å². The summed E-state index contributed by atoms with van der Waals surface area (Å²) in [4.78, 5) is 12.8. The molecule has 1 atom stereocenters. The Labute approximate surface area is 242 Å². The normalized spacial score (nSPS) is 19.4. The third kappa shape index (κ3) is 5.09. The maximum absolute atomic E-state index is 15.4. The number of halogens is 3. The van der Waals surface area contributed by atoms with E-state index in [9.17, 15) is 4.57 Å². The average molecular weight is 603 g/mol. The van der Waals surface area contributed by atoms with Gasteiger partial charge in [0.25, 0.3) is 0 Å². The first kappa shape index (κ1) is 27.5. The van der Waals surface area contributed by atoms with Crippen molar-refractivity contribution in [3.63, 3.8) is 0 Å². The van der Waals surface area contributed by atoms with Gasteiger partial charge in [-0.15, -0.1) is 0 Å². The van der Waals surface area contributed by atoms with Crippen LogP contribution in [0, 0.1) is 5.82 Å². The van der Waals surface area contributed by atoms with Gasteiger partial charge in [0.1, 0.15) is 17.5 Å². The molecule has 0 bridgehead atoms. The molecule has 2 aliphatic rings. The smallest absolute Gasteiger partial charge is 0.166 e. The van der Waals surface area contributed by atoms with Crippen molar-refractivity contribution in [2.45, 2.75) is 25.5 Å². The molecule has 2 saturated heterocycles. The van der Waals surface area contributed by atoms with Crippen molar-refractivity contribution in [3.05, 3.63) is 64.3 Å². The molecule has 210 valence electrons. The van der Waals surface area contributed by atoms with Crippen LogP contribution in [0.3, 0.4) is 0 Å². The Morgan fingerprint density at radius 3 is 2.50 bits per heavy atom. The van der Waals surface area contributed by atoms with Crippen LogP contribution in [0.25, 0.3) is 22.2 Å². The van der Waals surface area contributed by atoms with E-state index < -0.39 is 19.1 Å². The van der Waals surface area contributed by atoms with Gasteiger partial charge in [-0.25, -0.2) is 9.37 Å². The lowest BCUT2D eigenvalue weighted by molar-refractivity contribution is 0.0827. The fourth-order valence-corrected chi connectivity index (χ4v) is 7.93. The highest BCUT2D eigenvalue weighted by molar-refractivity contribution is 7.63. The molecule has 0 amide bonds. The number of fused-ring (bicyclic) bond motifs is 1. The monoisotopic (exact) mass is 602 g/mol. The summed E-state index contributed by atoms with van der Waals surface area (Å²) in [6, 6.07) is 7.03. The van der Waals surface area contributed by atoms with Gasteiger partial charge in [-0.2, -0.15) is 5.10 Å². The zero-order valence-corrected chi connectivity index (χ0v) is 24.9. The molecule has 2 aliphatic heterocycles. The standard InChI is InChI=1S/C28H30Cl2FN6O2P/c1-17(25-21(29)13-32-14-22(25)30)39-19-4-5-24-20(11-19)26(35-34-24)18-10-23(31)27(33-12-18)36-15-28(2,16-36)37-6-8-40(3,38)9-7-37/h4-5,10-14,17H,6-9,15-16H2,1-3H3,(H,34,35)/t17-/m1/s1. The molecule has 0 saturated carbocycles. The molecule has 0 radical (unpaired) electrons. The van der Waals surface area contributed by atoms with Crippen molar-refractivity contribution in [3.8, 4) is 17.0 Å². The molecular formula is C28H30Cl2FN6O2P. The predicted octanol–water partition coefficient (Wildman–Crippen LogP) is 6.49. The predicted molar refractivity (Wildman–Crippen MR) is 158 cm³/mol. The molecule has 40 heavy (non-hydrogen) atoms. The van der Waals surface area contributed by atoms with Crippen LogP contribution in [0.2, 0.25) is 10.0 Å². The number of hydrogen-bond donors (Lipinski definition) is 1. The van der Waals surface area contributed by atoms with Gasteiger partial charge in [0.05, 0.1) is 28.2 Å². The number of rotatable bonds is 6. The molecule has 2 fully saturated rings. The highest BCUT2D eigenvalue weighted by Crippen LogP contribution is 2.45. The minimum atomic E-state index is -1.99. The lowest BCUT2D eigenvalue weighted by atomic mass is 9.89. The van der Waals surface area contributed by atoms with E-state index in [4.69, 9.17) is 27.9 Å². The average Bonchev–Trinajstić information content (AvgIpc) is 3.30. The zero-order chi connectivity index (χ0) is 28.2. The Morgan fingerprint density at radius 2 is 1.82 bits per heavy atom. The molecule has 4 aromatic rings. The van der Waals surface area contributed by atoms with E-state index in [0.717, 1.165) is 36.3 Å². The second-order valence-corrected chi connectivity index (χ2v) is 15.5. The molecule has 12 heteroatoms. The fourth-order valence-electron chi connectivity index (χ4n) is 5.71. The second kappa shape index (κ2) is 10.3. The highest BCUT2D eigenvalue weighted by atomic mass is 35.5. The van der Waals surface area contributed by atoms with E-state index in [-0.39, 0.29) is 5.54 Å². The lowest BCUT2D eigenvalue weighted by Gasteiger charge is -2.56. The van der Waals surface area contributed by atoms with Crippen LogP contribution in [-0.2, 0) is 4.57 Å². The summed E-state index contributed by atoms with van der Waals surface area (Å²) in [6.45, 7) is 8.96. The first-order valence-corrected chi connectivity index (χ1v) is 16.5. The number of anilines is 1. The first-order chi connectivity index (χ1) is 19.0. The molecule has 8 nitrogen and oxygen atoms in total. The number of H-pyrrole nitrogens is 1. The van der Waals surface area contributed by atoms with Gasteiger partial charge in [0.2, 0.25) is 0 Å². The Hall–Kier alpha value is -2.71. The van der Waals surface area contributed by atoms with Crippen molar-refractivity contribution in [2.75, 3.05) is 50.1 Å². The fraction of sp³-hybridized carbons (Fsp3) is 0.393. The molecule has 1 aromatic carbocycles. The quantitative estimate of drug-likeness (QED) is 0.252. The van der Waals surface area contributed by atoms with Crippen molar-refractivity contribution >= 4 is 47.1 Å². The maximum atomic E-state index is 15.4. The summed E-state index contributed by atoms with van der Waals surface area (Å²) in [5.74, 6) is 0.534. The number of nitrogens with one attached hydrogen (secondary N) is 1. The number of hydrogen-bond acceptors (Lipinski definition) is 7.